The number of carboxylic acids is 1. The molecule has 0 aromatic heterocycles. The smallest absolute Gasteiger partial charge is 0.341 e. The molecule has 0 bridgehead atoms. The first-order valence-electron chi connectivity index (χ1n) is 5.50. The second kappa shape index (κ2) is 5.39. The lowest BCUT2D eigenvalue weighted by Gasteiger charge is -2.07. The van der Waals surface area contributed by atoms with E-state index < -0.39 is 18.4 Å². The highest BCUT2D eigenvalue weighted by molar-refractivity contribution is 5.71. The van der Waals surface area contributed by atoms with Gasteiger partial charge in [0.15, 0.2) is 6.61 Å². The van der Waals surface area contributed by atoms with Crippen LogP contribution < -0.4 is 4.74 Å². The van der Waals surface area contributed by atoms with Crippen molar-refractivity contribution in [2.24, 2.45) is 0 Å². The predicted molar refractivity (Wildman–Crippen MR) is 66.6 cm³/mol. The van der Waals surface area contributed by atoms with E-state index in [0.717, 1.165) is 0 Å². The van der Waals surface area contributed by atoms with Crippen LogP contribution >= 0.6 is 0 Å². The van der Waals surface area contributed by atoms with Crippen LogP contribution in [-0.4, -0.2) is 22.8 Å². The lowest BCUT2D eigenvalue weighted by atomic mass is 10.0. The first-order valence-corrected chi connectivity index (χ1v) is 5.50. The van der Waals surface area contributed by atoms with E-state index in [4.69, 9.17) is 9.84 Å². The second-order valence-corrected chi connectivity index (χ2v) is 3.87. The van der Waals surface area contributed by atoms with Gasteiger partial charge >= 0.3 is 5.97 Å². The summed E-state index contributed by atoms with van der Waals surface area (Å²) in [6, 6.07) is 10.0. The van der Waals surface area contributed by atoms with Gasteiger partial charge < -0.3 is 14.9 Å². The summed E-state index contributed by atoms with van der Waals surface area (Å²) in [6.07, 6.45) is 0. The number of phenols is 1. The van der Waals surface area contributed by atoms with Crippen LogP contribution in [0, 0.1) is 5.82 Å². The highest BCUT2D eigenvalue weighted by atomic mass is 19.1. The van der Waals surface area contributed by atoms with E-state index in [9.17, 15) is 14.3 Å². The standard InChI is InChI=1S/C14H11FO4/c15-10-3-6-13(16)12(7-10)9-1-4-11(5-2-9)19-8-14(17)18/h1-7,16H,8H2,(H,17,18). The zero-order valence-electron chi connectivity index (χ0n) is 9.84. The van der Waals surface area contributed by atoms with Crippen molar-refractivity contribution in [2.45, 2.75) is 0 Å². The average molecular weight is 262 g/mol. The van der Waals surface area contributed by atoms with Crippen LogP contribution in [0.2, 0.25) is 0 Å². The van der Waals surface area contributed by atoms with Gasteiger partial charge in [-0.05, 0) is 35.9 Å². The second-order valence-electron chi connectivity index (χ2n) is 3.87. The van der Waals surface area contributed by atoms with Crippen molar-refractivity contribution in [3.05, 3.63) is 48.3 Å². The molecule has 0 radical (unpaired) electrons. The van der Waals surface area contributed by atoms with Crippen LogP contribution in [0.5, 0.6) is 11.5 Å². The number of ether oxygens (including phenoxy) is 1. The van der Waals surface area contributed by atoms with Crippen LogP contribution in [0.15, 0.2) is 42.5 Å². The normalized spacial score (nSPS) is 10.2. The Kier molecular flexibility index (Phi) is 3.66. The molecule has 0 aliphatic carbocycles. The molecular formula is C14H11FO4. The average Bonchev–Trinajstić information content (AvgIpc) is 2.40. The molecule has 0 aliphatic rings. The van der Waals surface area contributed by atoms with Gasteiger partial charge in [0.05, 0.1) is 0 Å². The molecule has 0 saturated carbocycles. The number of aliphatic carboxylic acids is 1. The molecule has 2 rings (SSSR count). The minimum Gasteiger partial charge on any atom is -0.507 e. The molecular weight excluding hydrogens is 251 g/mol. The summed E-state index contributed by atoms with van der Waals surface area (Å²) >= 11 is 0. The van der Waals surface area contributed by atoms with Crippen molar-refractivity contribution < 1.29 is 24.1 Å². The van der Waals surface area contributed by atoms with Gasteiger partial charge in [-0.2, -0.15) is 0 Å². The number of carboxylic acid groups (broad SMARTS) is 1. The summed E-state index contributed by atoms with van der Waals surface area (Å²) in [5.41, 5.74) is 0.976. The quantitative estimate of drug-likeness (QED) is 0.889. The van der Waals surface area contributed by atoms with E-state index in [-0.39, 0.29) is 5.75 Å². The summed E-state index contributed by atoms with van der Waals surface area (Å²) in [5, 5.41) is 18.1. The molecule has 0 unspecified atom stereocenters. The fourth-order valence-corrected chi connectivity index (χ4v) is 1.62. The molecule has 2 aromatic rings. The molecule has 98 valence electrons. The Morgan fingerprint density at radius 3 is 2.47 bits per heavy atom. The fraction of sp³-hybridized carbons (Fsp3) is 0.0714. The molecule has 2 aromatic carbocycles. The van der Waals surface area contributed by atoms with Crippen LogP contribution in [0.4, 0.5) is 4.39 Å². The fourth-order valence-electron chi connectivity index (χ4n) is 1.62. The first-order chi connectivity index (χ1) is 9.06. The molecule has 0 saturated heterocycles. The van der Waals surface area contributed by atoms with Crippen molar-refractivity contribution in [3.63, 3.8) is 0 Å². The number of aromatic hydroxyl groups is 1. The number of hydrogen-bond donors (Lipinski definition) is 2. The predicted octanol–water partition coefficient (Wildman–Crippen LogP) is 2.66. The van der Waals surface area contributed by atoms with Crippen LogP contribution in [0.25, 0.3) is 11.1 Å². The van der Waals surface area contributed by atoms with Crippen molar-refractivity contribution in [2.75, 3.05) is 6.61 Å². The lowest BCUT2D eigenvalue weighted by molar-refractivity contribution is -0.139. The molecule has 2 N–H and O–H groups in total. The largest absolute Gasteiger partial charge is 0.507 e. The topological polar surface area (TPSA) is 66.8 Å². The van der Waals surface area contributed by atoms with E-state index in [1.165, 1.54) is 18.2 Å². The molecule has 5 heteroatoms. The summed E-state index contributed by atoms with van der Waals surface area (Å²) in [6.45, 7) is -0.426. The Bertz CT molecular complexity index is 593. The minimum absolute atomic E-state index is 0.0272. The van der Waals surface area contributed by atoms with Crippen LogP contribution in [0.1, 0.15) is 0 Å². The lowest BCUT2D eigenvalue weighted by Crippen LogP contribution is -2.09. The molecule has 0 aliphatic heterocycles. The summed E-state index contributed by atoms with van der Waals surface area (Å²) in [5.74, 6) is -1.14. The molecule has 4 nitrogen and oxygen atoms in total. The Balaban J connectivity index is 2.22. The van der Waals surface area contributed by atoms with E-state index >= 15 is 0 Å². The van der Waals surface area contributed by atoms with Crippen molar-refractivity contribution in [1.82, 2.24) is 0 Å². The molecule has 0 spiro atoms. The van der Waals surface area contributed by atoms with E-state index in [0.29, 0.717) is 16.9 Å². The van der Waals surface area contributed by atoms with Crippen molar-refractivity contribution in [1.29, 1.82) is 0 Å². The molecule has 19 heavy (non-hydrogen) atoms. The SMILES string of the molecule is O=C(O)COc1ccc(-c2cc(F)ccc2O)cc1. The maximum Gasteiger partial charge on any atom is 0.341 e. The highest BCUT2D eigenvalue weighted by Gasteiger charge is 2.06. The third-order valence-electron chi connectivity index (χ3n) is 2.49. The highest BCUT2D eigenvalue weighted by Crippen LogP contribution is 2.30. The number of rotatable bonds is 4. The Labute approximate surface area is 108 Å². The summed E-state index contributed by atoms with van der Waals surface area (Å²) < 4.78 is 18.1. The van der Waals surface area contributed by atoms with Crippen LogP contribution in [0.3, 0.4) is 0 Å². The van der Waals surface area contributed by atoms with Crippen LogP contribution in [-0.2, 0) is 4.79 Å². The Hall–Kier alpha value is -2.56. The van der Waals surface area contributed by atoms with Gasteiger partial charge in [-0.3, -0.25) is 0 Å². The van der Waals surface area contributed by atoms with Gasteiger partial charge in [-0.15, -0.1) is 0 Å². The van der Waals surface area contributed by atoms with Gasteiger partial charge in [-0.25, -0.2) is 9.18 Å². The van der Waals surface area contributed by atoms with Gasteiger partial charge in [0.2, 0.25) is 0 Å². The van der Waals surface area contributed by atoms with E-state index in [1.807, 2.05) is 0 Å². The number of hydrogen-bond acceptors (Lipinski definition) is 3. The number of carbonyl (C=O) groups is 1. The maximum atomic E-state index is 13.1. The van der Waals surface area contributed by atoms with Gasteiger partial charge in [0.25, 0.3) is 0 Å². The third kappa shape index (κ3) is 3.22. The Morgan fingerprint density at radius 2 is 1.84 bits per heavy atom. The van der Waals surface area contributed by atoms with E-state index in [2.05, 4.69) is 0 Å². The van der Waals surface area contributed by atoms with Crippen molar-refractivity contribution in [3.8, 4) is 22.6 Å². The molecule has 0 atom stereocenters. The number of benzene rings is 2. The Morgan fingerprint density at radius 1 is 1.16 bits per heavy atom. The van der Waals surface area contributed by atoms with Gasteiger partial charge in [0.1, 0.15) is 17.3 Å². The number of halogens is 1. The van der Waals surface area contributed by atoms with Gasteiger partial charge in [0, 0.05) is 5.56 Å². The molecule has 0 heterocycles. The van der Waals surface area contributed by atoms with Crippen molar-refractivity contribution >= 4 is 5.97 Å². The van der Waals surface area contributed by atoms with Gasteiger partial charge in [-0.1, -0.05) is 12.1 Å². The molecule has 0 fully saturated rings. The zero-order chi connectivity index (χ0) is 13.8. The number of phenolic OH excluding ortho intramolecular Hbond substituents is 1. The summed E-state index contributed by atoms with van der Waals surface area (Å²) in [7, 11) is 0. The molecule has 0 amide bonds. The third-order valence-corrected chi connectivity index (χ3v) is 2.49. The monoisotopic (exact) mass is 262 g/mol. The summed E-state index contributed by atoms with van der Waals surface area (Å²) in [4.78, 5) is 10.3. The maximum absolute atomic E-state index is 13.1. The zero-order valence-corrected chi connectivity index (χ0v) is 9.84. The van der Waals surface area contributed by atoms with E-state index in [1.54, 1.807) is 24.3 Å². The minimum atomic E-state index is -1.06. The first kappa shape index (κ1) is 12.9.